The van der Waals surface area contributed by atoms with Crippen molar-refractivity contribution < 1.29 is 9.76 Å². The summed E-state index contributed by atoms with van der Waals surface area (Å²) in [5, 5.41) is 19.5. The van der Waals surface area contributed by atoms with Crippen LogP contribution in [-0.4, -0.2) is 23.2 Å². The second-order valence-corrected chi connectivity index (χ2v) is 3.54. The van der Waals surface area contributed by atoms with Gasteiger partial charge in [-0.15, -0.1) is 5.11 Å². The van der Waals surface area contributed by atoms with Crippen molar-refractivity contribution in [2.24, 2.45) is 10.3 Å². The normalized spacial score (nSPS) is 11.1. The first-order valence-corrected chi connectivity index (χ1v) is 5.04. The van der Waals surface area contributed by atoms with Gasteiger partial charge in [0, 0.05) is 12.1 Å². The number of nitro benzene ring substituents is 1. The molecule has 1 aromatic carbocycles. The van der Waals surface area contributed by atoms with E-state index in [1.165, 1.54) is 36.5 Å². The summed E-state index contributed by atoms with van der Waals surface area (Å²) in [6.45, 7) is 3.80. The van der Waals surface area contributed by atoms with Crippen LogP contribution in [0.2, 0.25) is 0 Å². The standard InChI is InChI=1S/C10H14N4O3/c1-8(2)13(17-3)12-11-9-4-6-10(7-5-9)14(15)16/h4-8H,1-3H3. The molecule has 0 radical (unpaired) electrons. The Morgan fingerprint density at radius 1 is 1.35 bits per heavy atom. The Balaban J connectivity index is 2.74. The Morgan fingerprint density at radius 2 is 1.94 bits per heavy atom. The van der Waals surface area contributed by atoms with Gasteiger partial charge in [-0.25, -0.2) is 0 Å². The van der Waals surface area contributed by atoms with Gasteiger partial charge in [-0.05, 0) is 31.2 Å². The third kappa shape index (κ3) is 3.80. The largest absolute Gasteiger partial charge is 0.269 e. The Labute approximate surface area is 98.8 Å². The maximum atomic E-state index is 10.4. The highest BCUT2D eigenvalue weighted by Crippen LogP contribution is 2.18. The molecule has 7 nitrogen and oxygen atoms in total. The lowest BCUT2D eigenvalue weighted by atomic mass is 10.3. The topological polar surface area (TPSA) is 80.3 Å². The Bertz CT molecular complexity index is 403. The van der Waals surface area contributed by atoms with E-state index in [9.17, 15) is 10.1 Å². The van der Waals surface area contributed by atoms with Gasteiger partial charge in [-0.3, -0.25) is 15.0 Å². The van der Waals surface area contributed by atoms with Crippen molar-refractivity contribution in [1.29, 1.82) is 0 Å². The summed E-state index contributed by atoms with van der Waals surface area (Å²) < 4.78 is 0. The Hall–Kier alpha value is -2.02. The summed E-state index contributed by atoms with van der Waals surface area (Å²) in [6, 6.07) is 5.86. The third-order valence-electron chi connectivity index (χ3n) is 1.94. The molecule has 17 heavy (non-hydrogen) atoms. The average molecular weight is 238 g/mol. The smallest absolute Gasteiger partial charge is 0.258 e. The second kappa shape index (κ2) is 5.90. The van der Waals surface area contributed by atoms with Crippen molar-refractivity contribution in [3.05, 3.63) is 34.4 Å². The molecule has 0 aliphatic carbocycles. The van der Waals surface area contributed by atoms with Gasteiger partial charge >= 0.3 is 0 Å². The monoisotopic (exact) mass is 238 g/mol. The molecule has 0 heterocycles. The molecule has 0 fully saturated rings. The van der Waals surface area contributed by atoms with Crippen LogP contribution >= 0.6 is 0 Å². The lowest BCUT2D eigenvalue weighted by molar-refractivity contribution is -0.384. The lowest BCUT2D eigenvalue weighted by Gasteiger charge is -2.17. The summed E-state index contributed by atoms with van der Waals surface area (Å²) in [5.41, 5.74) is 0.551. The molecule has 0 amide bonds. The zero-order valence-electron chi connectivity index (χ0n) is 9.90. The number of hydrogen-bond acceptors (Lipinski definition) is 5. The molecule has 0 bridgehead atoms. The Kier molecular flexibility index (Phi) is 4.53. The molecule has 1 aromatic rings. The van der Waals surface area contributed by atoms with E-state index in [2.05, 4.69) is 10.3 Å². The summed E-state index contributed by atoms with van der Waals surface area (Å²) in [5.74, 6) is 0. The summed E-state index contributed by atoms with van der Waals surface area (Å²) in [6.07, 6.45) is 0. The van der Waals surface area contributed by atoms with Gasteiger partial charge in [-0.2, -0.15) is 5.17 Å². The molecule has 0 spiro atoms. The molecule has 1 rings (SSSR count). The van der Waals surface area contributed by atoms with E-state index in [1.807, 2.05) is 13.8 Å². The lowest BCUT2D eigenvalue weighted by Crippen LogP contribution is -2.23. The number of nitro groups is 1. The summed E-state index contributed by atoms with van der Waals surface area (Å²) in [7, 11) is 1.49. The van der Waals surface area contributed by atoms with E-state index in [0.29, 0.717) is 5.69 Å². The fraction of sp³-hybridized carbons (Fsp3) is 0.400. The van der Waals surface area contributed by atoms with E-state index in [0.717, 1.165) is 0 Å². The van der Waals surface area contributed by atoms with Crippen LogP contribution in [0.3, 0.4) is 0 Å². The molecule has 0 aliphatic rings. The van der Waals surface area contributed by atoms with Crippen LogP contribution in [0.25, 0.3) is 0 Å². The van der Waals surface area contributed by atoms with Gasteiger partial charge < -0.3 is 0 Å². The number of non-ortho nitro benzene ring substituents is 1. The molecule has 0 saturated heterocycles. The van der Waals surface area contributed by atoms with Crippen molar-refractivity contribution in [2.75, 3.05) is 7.11 Å². The van der Waals surface area contributed by atoms with Crippen molar-refractivity contribution in [2.45, 2.75) is 19.9 Å². The predicted molar refractivity (Wildman–Crippen MR) is 61.6 cm³/mol. The van der Waals surface area contributed by atoms with Crippen LogP contribution in [0, 0.1) is 10.1 Å². The van der Waals surface area contributed by atoms with Crippen LogP contribution in [-0.2, 0) is 4.84 Å². The molecular weight excluding hydrogens is 224 g/mol. The first-order chi connectivity index (χ1) is 8.04. The van der Waals surface area contributed by atoms with Crippen LogP contribution < -0.4 is 0 Å². The second-order valence-electron chi connectivity index (χ2n) is 3.54. The van der Waals surface area contributed by atoms with E-state index >= 15 is 0 Å². The van der Waals surface area contributed by atoms with Crippen LogP contribution in [0.5, 0.6) is 0 Å². The van der Waals surface area contributed by atoms with Gasteiger partial charge in [0.2, 0.25) is 0 Å². The highest BCUT2D eigenvalue weighted by Gasteiger charge is 2.05. The van der Waals surface area contributed by atoms with Crippen LogP contribution in [0.4, 0.5) is 11.4 Å². The SMILES string of the molecule is CON(N=Nc1ccc([N+](=O)[O-])cc1)C(C)C. The van der Waals surface area contributed by atoms with Gasteiger partial charge in [0.1, 0.15) is 0 Å². The van der Waals surface area contributed by atoms with Gasteiger partial charge in [-0.1, -0.05) is 0 Å². The molecule has 0 aliphatic heterocycles. The number of benzene rings is 1. The molecule has 7 heteroatoms. The fourth-order valence-corrected chi connectivity index (χ4v) is 1.09. The van der Waals surface area contributed by atoms with Crippen molar-refractivity contribution in [1.82, 2.24) is 5.17 Å². The first-order valence-electron chi connectivity index (χ1n) is 5.04. The third-order valence-corrected chi connectivity index (χ3v) is 1.94. The average Bonchev–Trinajstić information content (AvgIpc) is 2.30. The minimum atomic E-state index is -0.462. The molecule has 0 N–H and O–H groups in total. The zero-order chi connectivity index (χ0) is 12.8. The van der Waals surface area contributed by atoms with E-state index in [4.69, 9.17) is 4.84 Å². The highest BCUT2D eigenvalue weighted by atomic mass is 16.7. The van der Waals surface area contributed by atoms with Crippen LogP contribution in [0.15, 0.2) is 34.6 Å². The van der Waals surface area contributed by atoms with E-state index in [-0.39, 0.29) is 11.7 Å². The van der Waals surface area contributed by atoms with Crippen molar-refractivity contribution in [3.63, 3.8) is 0 Å². The molecule has 0 atom stereocenters. The maximum Gasteiger partial charge on any atom is 0.269 e. The van der Waals surface area contributed by atoms with Crippen LogP contribution in [0.1, 0.15) is 13.8 Å². The van der Waals surface area contributed by atoms with Gasteiger partial charge in [0.25, 0.3) is 5.69 Å². The van der Waals surface area contributed by atoms with E-state index in [1.54, 1.807) is 0 Å². The minimum Gasteiger partial charge on any atom is -0.258 e. The molecule has 92 valence electrons. The zero-order valence-corrected chi connectivity index (χ0v) is 9.90. The predicted octanol–water partition coefficient (Wildman–Crippen LogP) is 2.87. The molecule has 0 unspecified atom stereocenters. The van der Waals surface area contributed by atoms with Crippen molar-refractivity contribution >= 4 is 11.4 Å². The molecule has 0 aromatic heterocycles. The number of hydroxylamine groups is 1. The molecule has 0 saturated carbocycles. The van der Waals surface area contributed by atoms with E-state index < -0.39 is 4.92 Å². The highest BCUT2D eigenvalue weighted by molar-refractivity contribution is 5.43. The number of hydrogen-bond donors (Lipinski definition) is 0. The quantitative estimate of drug-likeness (QED) is 0.448. The summed E-state index contributed by atoms with van der Waals surface area (Å²) in [4.78, 5) is 14.9. The van der Waals surface area contributed by atoms with Crippen molar-refractivity contribution in [3.8, 4) is 0 Å². The number of rotatable bonds is 5. The maximum absolute atomic E-state index is 10.4. The molecular formula is C10H14N4O3. The number of nitrogens with zero attached hydrogens (tertiary/aromatic N) is 4. The summed E-state index contributed by atoms with van der Waals surface area (Å²) >= 11 is 0. The first kappa shape index (κ1) is 13.0. The van der Waals surface area contributed by atoms with Gasteiger partial charge in [0.15, 0.2) is 0 Å². The van der Waals surface area contributed by atoms with Gasteiger partial charge in [0.05, 0.1) is 23.8 Å². The Morgan fingerprint density at radius 3 is 2.35 bits per heavy atom. The minimum absolute atomic E-state index is 0.0245. The fourth-order valence-electron chi connectivity index (χ4n) is 1.09.